The maximum absolute atomic E-state index is 5.86. The van der Waals surface area contributed by atoms with E-state index < -0.39 is 0 Å². The van der Waals surface area contributed by atoms with E-state index in [1.165, 1.54) is 0 Å². The van der Waals surface area contributed by atoms with Gasteiger partial charge in [-0.05, 0) is 45.9 Å². The van der Waals surface area contributed by atoms with Crippen LogP contribution in [0.15, 0.2) is 18.3 Å². The van der Waals surface area contributed by atoms with E-state index in [9.17, 15) is 0 Å². The van der Waals surface area contributed by atoms with Gasteiger partial charge in [-0.2, -0.15) is 0 Å². The van der Waals surface area contributed by atoms with Crippen molar-refractivity contribution in [2.45, 2.75) is 38.8 Å². The highest BCUT2D eigenvalue weighted by atomic mass is 16.5. The van der Waals surface area contributed by atoms with E-state index >= 15 is 0 Å². The van der Waals surface area contributed by atoms with Crippen LogP contribution in [-0.4, -0.2) is 30.3 Å². The Hall–Kier alpha value is -1.13. The Morgan fingerprint density at radius 1 is 1.53 bits per heavy atom. The molecule has 0 aliphatic carbocycles. The van der Waals surface area contributed by atoms with Crippen molar-refractivity contribution in [3.05, 3.63) is 23.9 Å². The second kappa shape index (κ2) is 5.98. The number of nitrogens with one attached hydrogen (secondary N) is 1. The molecule has 1 rings (SSSR count). The minimum Gasteiger partial charge on any atom is -0.383 e. The van der Waals surface area contributed by atoms with Crippen LogP contribution in [0.25, 0.3) is 0 Å². The van der Waals surface area contributed by atoms with E-state index in [1.54, 1.807) is 6.20 Å². The van der Waals surface area contributed by atoms with Crippen molar-refractivity contribution < 1.29 is 4.74 Å². The molecule has 0 aliphatic heterocycles. The van der Waals surface area contributed by atoms with Crippen LogP contribution in [0, 0.1) is 0 Å². The minimum atomic E-state index is -0.230. The first-order chi connectivity index (χ1) is 8.01. The van der Waals surface area contributed by atoms with Gasteiger partial charge in [0.2, 0.25) is 0 Å². The minimum absolute atomic E-state index is 0.203. The van der Waals surface area contributed by atoms with Crippen LogP contribution >= 0.6 is 0 Å². The Balaban J connectivity index is 2.80. The van der Waals surface area contributed by atoms with Crippen molar-refractivity contribution in [2.75, 3.05) is 19.4 Å². The molecule has 0 amide bonds. The summed E-state index contributed by atoms with van der Waals surface area (Å²) in [5.41, 5.74) is 6.69. The Bertz CT molecular complexity index is 352. The van der Waals surface area contributed by atoms with Crippen LogP contribution in [-0.2, 0) is 11.2 Å². The molecule has 1 heterocycles. The number of nitrogens with two attached hydrogens (primary N) is 1. The highest BCUT2D eigenvalue weighted by Crippen LogP contribution is 2.20. The second-order valence-corrected chi connectivity index (χ2v) is 4.63. The summed E-state index contributed by atoms with van der Waals surface area (Å²) >= 11 is 0. The van der Waals surface area contributed by atoms with E-state index in [0.29, 0.717) is 12.4 Å². The van der Waals surface area contributed by atoms with Crippen LogP contribution in [0.1, 0.15) is 26.3 Å². The summed E-state index contributed by atoms with van der Waals surface area (Å²) in [4.78, 5) is 4.10. The molecule has 0 saturated heterocycles. The summed E-state index contributed by atoms with van der Waals surface area (Å²) < 4.78 is 5.77. The van der Waals surface area contributed by atoms with Gasteiger partial charge in [-0.3, -0.25) is 0 Å². The van der Waals surface area contributed by atoms with Crippen molar-refractivity contribution in [1.29, 1.82) is 0 Å². The second-order valence-electron chi connectivity index (χ2n) is 4.63. The molecule has 1 unspecified atom stereocenters. The fraction of sp³-hybridized carbons (Fsp3) is 0.615. The maximum atomic E-state index is 5.86. The number of nitrogen functional groups attached to an aromatic ring is 1. The van der Waals surface area contributed by atoms with E-state index in [4.69, 9.17) is 10.5 Å². The van der Waals surface area contributed by atoms with E-state index in [2.05, 4.69) is 24.1 Å². The average molecular weight is 237 g/mol. The first-order valence-corrected chi connectivity index (χ1v) is 6.01. The molecule has 0 fully saturated rings. The lowest BCUT2D eigenvalue weighted by Crippen LogP contribution is -2.48. The van der Waals surface area contributed by atoms with Gasteiger partial charge in [0, 0.05) is 18.8 Å². The predicted molar refractivity (Wildman–Crippen MR) is 70.9 cm³/mol. The monoisotopic (exact) mass is 237 g/mol. The normalized spacial score (nSPS) is 13.6. The molecule has 17 heavy (non-hydrogen) atoms. The third-order valence-electron chi connectivity index (χ3n) is 3.05. The number of hydrogen-bond donors (Lipinski definition) is 2. The molecule has 0 aliphatic rings. The summed E-state index contributed by atoms with van der Waals surface area (Å²) in [6.45, 7) is 6.88. The van der Waals surface area contributed by atoms with Gasteiger partial charge < -0.3 is 15.8 Å². The molecule has 4 nitrogen and oxygen atoms in total. The zero-order valence-corrected chi connectivity index (χ0v) is 11.2. The van der Waals surface area contributed by atoms with Crippen LogP contribution in [0.4, 0.5) is 5.82 Å². The smallest absolute Gasteiger partial charge is 0.126 e. The summed E-state index contributed by atoms with van der Waals surface area (Å²) in [7, 11) is 1.94. The number of pyridine rings is 1. The molecule has 1 aromatic heterocycles. The highest BCUT2D eigenvalue weighted by Gasteiger charge is 2.29. The zero-order chi connectivity index (χ0) is 12.9. The number of rotatable bonds is 6. The Kier molecular flexibility index (Phi) is 4.90. The zero-order valence-electron chi connectivity index (χ0n) is 11.2. The summed E-state index contributed by atoms with van der Waals surface area (Å²) in [6.07, 6.45) is 2.52. The van der Waals surface area contributed by atoms with Crippen molar-refractivity contribution >= 4 is 5.82 Å². The Morgan fingerprint density at radius 3 is 2.76 bits per heavy atom. The predicted octanol–water partition coefficient (Wildman–Crippen LogP) is 1.61. The molecule has 0 radical (unpaired) electrons. The Morgan fingerprint density at radius 2 is 2.24 bits per heavy atom. The fourth-order valence-corrected chi connectivity index (χ4v) is 2.01. The molecule has 1 atom stereocenters. The van der Waals surface area contributed by atoms with Gasteiger partial charge in [-0.15, -0.1) is 0 Å². The molecular weight excluding hydrogens is 214 g/mol. The average Bonchev–Trinajstić information content (AvgIpc) is 2.27. The molecular formula is C13H23N3O. The molecule has 1 aromatic rings. The van der Waals surface area contributed by atoms with Crippen LogP contribution < -0.4 is 11.1 Å². The summed E-state index contributed by atoms with van der Waals surface area (Å²) in [6, 6.07) is 4.12. The lowest BCUT2D eigenvalue weighted by Gasteiger charge is -2.34. The van der Waals surface area contributed by atoms with Gasteiger partial charge in [0.15, 0.2) is 0 Å². The number of nitrogens with zero attached hydrogens (tertiary/aromatic N) is 1. The van der Waals surface area contributed by atoms with E-state index in [1.807, 2.05) is 26.1 Å². The van der Waals surface area contributed by atoms with Gasteiger partial charge >= 0.3 is 0 Å². The maximum Gasteiger partial charge on any atom is 0.126 e. The largest absolute Gasteiger partial charge is 0.383 e. The number of hydrogen-bond acceptors (Lipinski definition) is 4. The summed E-state index contributed by atoms with van der Waals surface area (Å²) in [5, 5.41) is 3.29. The van der Waals surface area contributed by atoms with Crippen molar-refractivity contribution in [3.63, 3.8) is 0 Å². The van der Waals surface area contributed by atoms with Gasteiger partial charge in [0.05, 0.1) is 5.60 Å². The van der Waals surface area contributed by atoms with Crippen molar-refractivity contribution in [3.8, 4) is 0 Å². The third-order valence-corrected chi connectivity index (χ3v) is 3.05. The van der Waals surface area contributed by atoms with Gasteiger partial charge in [0.1, 0.15) is 5.82 Å². The van der Waals surface area contributed by atoms with Crippen LogP contribution in [0.2, 0.25) is 0 Å². The summed E-state index contributed by atoms with van der Waals surface area (Å²) in [5.74, 6) is 0.597. The number of aromatic nitrogens is 1. The lowest BCUT2D eigenvalue weighted by molar-refractivity contribution is -0.0363. The third kappa shape index (κ3) is 3.68. The van der Waals surface area contributed by atoms with E-state index in [-0.39, 0.29) is 11.6 Å². The van der Waals surface area contributed by atoms with Gasteiger partial charge in [-0.1, -0.05) is 6.07 Å². The molecule has 0 bridgehead atoms. The SMILES string of the molecule is CCOC(C)(C)C(Cc1cccnc1N)NC. The highest BCUT2D eigenvalue weighted by molar-refractivity contribution is 5.39. The number of ether oxygens (including phenoxy) is 1. The van der Waals surface area contributed by atoms with Gasteiger partial charge in [-0.25, -0.2) is 4.98 Å². The number of anilines is 1. The van der Waals surface area contributed by atoms with Crippen LogP contribution in [0.5, 0.6) is 0 Å². The molecule has 3 N–H and O–H groups in total. The first kappa shape index (κ1) is 13.9. The molecule has 0 spiro atoms. The van der Waals surface area contributed by atoms with Crippen molar-refractivity contribution in [1.82, 2.24) is 10.3 Å². The van der Waals surface area contributed by atoms with Crippen molar-refractivity contribution in [2.24, 2.45) is 0 Å². The quantitative estimate of drug-likeness (QED) is 0.789. The van der Waals surface area contributed by atoms with Crippen LogP contribution in [0.3, 0.4) is 0 Å². The molecule has 96 valence electrons. The van der Waals surface area contributed by atoms with Gasteiger partial charge in [0.25, 0.3) is 0 Å². The first-order valence-electron chi connectivity index (χ1n) is 6.01. The van der Waals surface area contributed by atoms with E-state index in [0.717, 1.165) is 12.0 Å². The lowest BCUT2D eigenvalue weighted by atomic mass is 9.92. The fourth-order valence-electron chi connectivity index (χ4n) is 2.01. The molecule has 0 aromatic carbocycles. The standard InChI is InChI=1S/C13H23N3O/c1-5-17-13(2,3)11(15-4)9-10-7-6-8-16-12(10)14/h6-8,11,15H,5,9H2,1-4H3,(H2,14,16). The Labute approximate surface area is 104 Å². The number of likely N-dealkylation sites (N-methyl/N-ethyl adjacent to an activating group) is 1. The molecule has 4 heteroatoms. The molecule has 0 saturated carbocycles. The topological polar surface area (TPSA) is 60.2 Å².